The molecular weight excluding hydrogens is 1230 g/mol. The summed E-state index contributed by atoms with van der Waals surface area (Å²) in [6.45, 7) is 9.59. The van der Waals surface area contributed by atoms with Crippen LogP contribution in [0.25, 0.3) is 0 Å². The predicted octanol–water partition coefficient (Wildman–Crippen LogP) is 21.9. The van der Waals surface area contributed by atoms with E-state index >= 15 is 0 Å². The zero-order chi connectivity index (χ0) is 69.3. The number of rotatable bonds is 74. The smallest absolute Gasteiger partial charge is 0.462 e. The normalized spacial score (nSPS) is 14.0. The van der Waals surface area contributed by atoms with Crippen molar-refractivity contribution >= 4 is 39.5 Å². The topological polar surface area (TPSA) is 237 Å². The highest BCUT2D eigenvalue weighted by molar-refractivity contribution is 7.47. The maximum absolute atomic E-state index is 13.1. The van der Waals surface area contributed by atoms with Crippen LogP contribution in [0.1, 0.15) is 388 Å². The summed E-state index contributed by atoms with van der Waals surface area (Å²) in [5, 5.41) is 10.6. The molecule has 0 rings (SSSR count). The van der Waals surface area contributed by atoms with Crippen LogP contribution >= 0.6 is 15.6 Å². The summed E-state index contributed by atoms with van der Waals surface area (Å²) >= 11 is 0. The van der Waals surface area contributed by atoms with Gasteiger partial charge in [-0.15, -0.1) is 0 Å². The standard InChI is InChI=1S/C75H146O17P2/c1-7-9-11-13-15-17-19-20-25-28-34-40-46-52-58-73(78)86-64-70(91-74(79)59-53-47-41-35-29-26-23-21-22-24-27-31-37-43-49-55-67(3)4)65-89-93(81,82)87-61-69(76)62-88-94(83,84)90-66-71(63-85-72(77)57-51-45-39-33-18-16-14-12-10-8-2)92-75(80)60-54-48-42-36-30-32-38-44-50-56-68(5)6/h67-71,76H,7-66H2,1-6H3,(H,81,82)(H,83,84)/t69-,70-,71-/m1/s1. The van der Waals surface area contributed by atoms with Crippen LogP contribution in [0.15, 0.2) is 0 Å². The molecule has 17 nitrogen and oxygen atoms in total. The quantitative estimate of drug-likeness (QED) is 0.0222. The first-order valence-electron chi connectivity index (χ1n) is 39.0. The molecule has 2 unspecified atom stereocenters. The fraction of sp³-hybridized carbons (Fsp3) is 0.947. The third-order valence-corrected chi connectivity index (χ3v) is 19.4. The molecule has 0 bridgehead atoms. The van der Waals surface area contributed by atoms with Gasteiger partial charge in [0, 0.05) is 25.7 Å². The number of hydrogen-bond donors (Lipinski definition) is 3. The molecule has 0 amide bonds. The van der Waals surface area contributed by atoms with Crippen LogP contribution in [0.3, 0.4) is 0 Å². The predicted molar refractivity (Wildman–Crippen MR) is 381 cm³/mol. The molecule has 0 aliphatic carbocycles. The van der Waals surface area contributed by atoms with Crippen molar-refractivity contribution in [1.82, 2.24) is 0 Å². The highest BCUT2D eigenvalue weighted by atomic mass is 31.2. The molecule has 0 heterocycles. The molecule has 0 aromatic carbocycles. The second kappa shape index (κ2) is 66.9. The van der Waals surface area contributed by atoms with Crippen LogP contribution in [0, 0.1) is 11.8 Å². The van der Waals surface area contributed by atoms with E-state index in [1.165, 1.54) is 205 Å². The van der Waals surface area contributed by atoms with E-state index in [4.69, 9.17) is 37.0 Å². The van der Waals surface area contributed by atoms with Crippen LogP contribution in [0.5, 0.6) is 0 Å². The van der Waals surface area contributed by atoms with E-state index in [0.717, 1.165) is 102 Å². The molecule has 0 fully saturated rings. The molecule has 558 valence electrons. The number of carbonyl (C=O) groups is 4. The van der Waals surface area contributed by atoms with Crippen LogP contribution in [-0.4, -0.2) is 96.7 Å². The monoisotopic (exact) mass is 1380 g/mol. The Morgan fingerprint density at radius 1 is 0.287 bits per heavy atom. The lowest BCUT2D eigenvalue weighted by Crippen LogP contribution is -2.30. The number of hydrogen-bond acceptors (Lipinski definition) is 15. The van der Waals surface area contributed by atoms with Crippen molar-refractivity contribution in [2.75, 3.05) is 39.6 Å². The summed E-state index contributed by atoms with van der Waals surface area (Å²) in [5.41, 5.74) is 0. The van der Waals surface area contributed by atoms with Crippen molar-refractivity contribution in [1.29, 1.82) is 0 Å². The van der Waals surface area contributed by atoms with Gasteiger partial charge < -0.3 is 33.8 Å². The first kappa shape index (κ1) is 92.1. The molecule has 0 aliphatic heterocycles. The number of ether oxygens (including phenoxy) is 4. The Morgan fingerprint density at radius 3 is 0.723 bits per heavy atom. The molecule has 0 saturated carbocycles. The van der Waals surface area contributed by atoms with Crippen LogP contribution in [-0.2, 0) is 65.4 Å². The summed E-state index contributed by atoms with van der Waals surface area (Å²) in [6.07, 6.45) is 54.0. The molecule has 0 aromatic rings. The van der Waals surface area contributed by atoms with Gasteiger partial charge in [0.2, 0.25) is 0 Å². The molecular formula is C75H146O17P2. The van der Waals surface area contributed by atoms with Crippen molar-refractivity contribution in [3.05, 3.63) is 0 Å². The molecule has 0 aromatic heterocycles. The van der Waals surface area contributed by atoms with Gasteiger partial charge >= 0.3 is 39.5 Å². The second-order valence-electron chi connectivity index (χ2n) is 28.0. The zero-order valence-electron chi connectivity index (χ0n) is 61.3. The lowest BCUT2D eigenvalue weighted by molar-refractivity contribution is -0.161. The third kappa shape index (κ3) is 68.6. The van der Waals surface area contributed by atoms with Gasteiger partial charge in [-0.1, -0.05) is 337 Å². The number of phosphoric acid groups is 2. The van der Waals surface area contributed by atoms with E-state index in [1.807, 2.05) is 0 Å². The highest BCUT2D eigenvalue weighted by Gasteiger charge is 2.30. The molecule has 19 heteroatoms. The van der Waals surface area contributed by atoms with Crippen molar-refractivity contribution in [2.45, 2.75) is 407 Å². The van der Waals surface area contributed by atoms with E-state index in [-0.39, 0.29) is 25.7 Å². The van der Waals surface area contributed by atoms with Gasteiger partial charge in [-0.25, -0.2) is 9.13 Å². The van der Waals surface area contributed by atoms with E-state index in [2.05, 4.69) is 41.5 Å². The van der Waals surface area contributed by atoms with Crippen molar-refractivity contribution in [3.63, 3.8) is 0 Å². The first-order chi connectivity index (χ1) is 45.4. The van der Waals surface area contributed by atoms with Gasteiger partial charge in [0.25, 0.3) is 0 Å². The van der Waals surface area contributed by atoms with Crippen molar-refractivity contribution < 1.29 is 80.2 Å². The highest BCUT2D eigenvalue weighted by Crippen LogP contribution is 2.45. The summed E-state index contributed by atoms with van der Waals surface area (Å²) in [5.74, 6) is -0.577. The number of unbranched alkanes of at least 4 members (excludes halogenated alkanes) is 44. The van der Waals surface area contributed by atoms with Crippen LogP contribution < -0.4 is 0 Å². The number of aliphatic hydroxyl groups is 1. The van der Waals surface area contributed by atoms with Gasteiger partial charge in [-0.05, 0) is 37.5 Å². The summed E-state index contributed by atoms with van der Waals surface area (Å²) < 4.78 is 68.5. The average molecular weight is 1380 g/mol. The van der Waals surface area contributed by atoms with Gasteiger partial charge in [-0.2, -0.15) is 0 Å². The van der Waals surface area contributed by atoms with Gasteiger partial charge in [0.15, 0.2) is 12.2 Å². The SMILES string of the molecule is CCCCCCCCCCCCCCCCC(=O)OC[C@H](COP(=O)(O)OC[C@@H](O)COP(=O)(O)OC[C@@H](COC(=O)CCCCCCCCCCCC)OC(=O)CCCCCCCCCCCC(C)C)OC(=O)CCCCCCCCCCCCCCCCCC(C)C. The Bertz CT molecular complexity index is 1820. The van der Waals surface area contributed by atoms with Gasteiger partial charge in [-0.3, -0.25) is 37.3 Å². The molecule has 94 heavy (non-hydrogen) atoms. The van der Waals surface area contributed by atoms with E-state index < -0.39 is 97.5 Å². The Labute approximate surface area is 575 Å². The third-order valence-electron chi connectivity index (χ3n) is 17.5. The molecule has 3 N–H and O–H groups in total. The molecule has 0 radical (unpaired) electrons. The minimum Gasteiger partial charge on any atom is -0.462 e. The summed E-state index contributed by atoms with van der Waals surface area (Å²) in [6, 6.07) is 0. The number of esters is 4. The lowest BCUT2D eigenvalue weighted by Gasteiger charge is -2.21. The largest absolute Gasteiger partial charge is 0.472 e. The number of phosphoric ester groups is 2. The zero-order valence-corrected chi connectivity index (χ0v) is 63.1. The average Bonchev–Trinajstić information content (AvgIpc) is 2.33. The molecule has 0 spiro atoms. The maximum atomic E-state index is 13.1. The fourth-order valence-electron chi connectivity index (χ4n) is 11.5. The number of carbonyl (C=O) groups excluding carboxylic acids is 4. The minimum atomic E-state index is -4.96. The molecule has 0 saturated heterocycles. The second-order valence-corrected chi connectivity index (χ2v) is 30.9. The van der Waals surface area contributed by atoms with Crippen LogP contribution in [0.4, 0.5) is 0 Å². The van der Waals surface area contributed by atoms with E-state index in [9.17, 15) is 43.2 Å². The van der Waals surface area contributed by atoms with Crippen molar-refractivity contribution in [2.24, 2.45) is 11.8 Å². The van der Waals surface area contributed by atoms with Gasteiger partial charge in [0.05, 0.1) is 26.4 Å². The summed E-state index contributed by atoms with van der Waals surface area (Å²) in [4.78, 5) is 72.7. The molecule has 5 atom stereocenters. The lowest BCUT2D eigenvalue weighted by atomic mass is 10.0. The fourth-order valence-corrected chi connectivity index (χ4v) is 13.1. The van der Waals surface area contributed by atoms with Crippen LogP contribution in [0.2, 0.25) is 0 Å². The maximum Gasteiger partial charge on any atom is 0.472 e. The van der Waals surface area contributed by atoms with Gasteiger partial charge in [0.1, 0.15) is 19.3 Å². The first-order valence-corrected chi connectivity index (χ1v) is 42.0. The number of aliphatic hydroxyl groups excluding tert-OH is 1. The van der Waals surface area contributed by atoms with E-state index in [0.29, 0.717) is 25.7 Å². The Kier molecular flexibility index (Phi) is 65.5. The molecule has 0 aliphatic rings. The Balaban J connectivity index is 5.24. The van der Waals surface area contributed by atoms with Crippen molar-refractivity contribution in [3.8, 4) is 0 Å². The Hall–Kier alpha value is -1.94. The Morgan fingerprint density at radius 2 is 0.489 bits per heavy atom. The minimum absolute atomic E-state index is 0.106. The van der Waals surface area contributed by atoms with E-state index in [1.54, 1.807) is 0 Å². The summed E-state index contributed by atoms with van der Waals surface area (Å²) in [7, 11) is -9.91.